The van der Waals surface area contributed by atoms with Crippen molar-refractivity contribution in [3.63, 3.8) is 0 Å². The first-order valence-corrected chi connectivity index (χ1v) is 22.9. The summed E-state index contributed by atoms with van der Waals surface area (Å²) >= 11 is 0. The van der Waals surface area contributed by atoms with Crippen LogP contribution in [0.5, 0.6) is 0 Å². The molecule has 3 rings (SSSR count). The lowest BCUT2D eigenvalue weighted by Crippen LogP contribution is -2.59. The zero-order valence-corrected chi connectivity index (χ0v) is 38.7. The number of amides is 2. The summed E-state index contributed by atoms with van der Waals surface area (Å²) in [5.41, 5.74) is -3.22. The molecule has 0 unspecified atom stereocenters. The van der Waals surface area contributed by atoms with E-state index in [0.29, 0.717) is 12.0 Å². The number of cyclic esters (lactones) is 1. The third-order valence-electron chi connectivity index (χ3n) is 12.5. The first kappa shape index (κ1) is 52.4. The lowest BCUT2D eigenvalue weighted by molar-refractivity contribution is -0.299. The number of nitrogens with zero attached hydrogens (tertiary/aromatic N) is 4. The summed E-state index contributed by atoms with van der Waals surface area (Å²) in [4.78, 5) is 32.1. The van der Waals surface area contributed by atoms with E-state index in [1.54, 1.807) is 52.8 Å². The van der Waals surface area contributed by atoms with Crippen LogP contribution in [-0.2, 0) is 29.0 Å². The van der Waals surface area contributed by atoms with Gasteiger partial charge in [-0.05, 0) is 98.9 Å². The minimum Gasteiger partial charge on any atom is -0.459 e. The van der Waals surface area contributed by atoms with E-state index < -0.39 is 87.9 Å². The smallest absolute Gasteiger partial charge is 0.331 e. The van der Waals surface area contributed by atoms with Crippen LogP contribution in [0.1, 0.15) is 93.1 Å². The second-order valence-corrected chi connectivity index (χ2v) is 19.7. The number of rotatable bonds is 12. The number of aryl methyl sites for hydroxylation is 1. The van der Waals surface area contributed by atoms with Gasteiger partial charge in [-0.2, -0.15) is 5.26 Å². The Bertz CT molecular complexity index is 1740. The van der Waals surface area contributed by atoms with Gasteiger partial charge in [-0.25, -0.2) is 17.9 Å². The van der Waals surface area contributed by atoms with Crippen LogP contribution in [0.3, 0.4) is 0 Å². The van der Waals surface area contributed by atoms with Gasteiger partial charge in [0.2, 0.25) is 0 Å². The molecule has 0 radical (unpaired) electrons. The maximum Gasteiger partial charge on any atom is 0.331 e. The van der Waals surface area contributed by atoms with Crippen molar-refractivity contribution in [2.75, 3.05) is 40.3 Å². The predicted molar refractivity (Wildman–Crippen MR) is 227 cm³/mol. The van der Waals surface area contributed by atoms with Crippen LogP contribution in [-0.4, -0.2) is 167 Å². The van der Waals surface area contributed by atoms with Crippen molar-refractivity contribution in [3.8, 4) is 6.07 Å². The van der Waals surface area contributed by atoms with Gasteiger partial charge < -0.3 is 49.5 Å². The summed E-state index contributed by atoms with van der Waals surface area (Å²) in [7, 11) is -0.561. The van der Waals surface area contributed by atoms with Crippen molar-refractivity contribution in [2.24, 2.45) is 17.8 Å². The zero-order valence-electron chi connectivity index (χ0n) is 37.9. The Balaban J connectivity index is 2.00. The van der Waals surface area contributed by atoms with Crippen LogP contribution in [0.15, 0.2) is 29.2 Å². The second-order valence-electron chi connectivity index (χ2n) is 18.1. The number of ether oxygens (including phenoxy) is 3. The van der Waals surface area contributed by atoms with Crippen LogP contribution in [0.2, 0.25) is 0 Å². The number of carbonyl (C=O) groups is 2. The molecule has 14 atom stereocenters. The van der Waals surface area contributed by atoms with Crippen molar-refractivity contribution in [3.05, 3.63) is 29.8 Å². The van der Waals surface area contributed by atoms with E-state index in [2.05, 4.69) is 4.72 Å². The largest absolute Gasteiger partial charge is 0.459 e. The van der Waals surface area contributed by atoms with E-state index in [9.17, 15) is 48.8 Å². The lowest BCUT2D eigenvalue weighted by atomic mass is 9.78. The standard InChI is InChI=1S/C43H73N5O12S/c1-12-34-43(9,55)37(51)31(7)48(22-16-21-47(20-15-19-44)41(53)45-61(56,57)33-18-14-13-17-27(33)3)25-26(2)24-42(8,54)38(29(5)35(49)30(6)39(52)59-34)60-40-36(50)32(46(10)11)23-28(4)58-40/h13-14,17-18,26,28-32,34-38,40,49-51,54-55H,12,15-16,20-25H2,1-11H3,(H,45,53)/t26-,28+,29-,30-,31-,32+,34-,35+,36+,37-,38-,40-,42-,43-/m1/s1. The summed E-state index contributed by atoms with van der Waals surface area (Å²) < 4.78 is 46.9. The Morgan fingerprint density at radius 1 is 1.07 bits per heavy atom. The SMILES string of the molecule is CC[C@H]1OC(=O)[C@H](C)[C@@H](O)[C@@H](C)[C@@H](O[C@H]2O[C@@H](C)C[C@H](N(C)C)[C@@H]2O)[C@](C)(O)C[C@@H](C)CN(CCCN(CCC#N)C(=O)NS(=O)(=O)c2ccccc2C)[C@H](C)[C@@H](O)[C@]1(C)O. The highest BCUT2D eigenvalue weighted by Gasteiger charge is 2.50. The number of benzene rings is 1. The zero-order chi connectivity index (χ0) is 46.2. The van der Waals surface area contributed by atoms with Gasteiger partial charge in [0.15, 0.2) is 6.29 Å². The summed E-state index contributed by atoms with van der Waals surface area (Å²) in [5.74, 6) is -3.26. The molecule has 0 spiro atoms. The highest BCUT2D eigenvalue weighted by atomic mass is 32.2. The van der Waals surface area contributed by atoms with Crippen LogP contribution < -0.4 is 4.72 Å². The van der Waals surface area contributed by atoms with Crippen LogP contribution >= 0.6 is 0 Å². The van der Waals surface area contributed by atoms with E-state index in [-0.39, 0.29) is 74.8 Å². The number of aliphatic hydroxyl groups excluding tert-OH is 3. The Labute approximate surface area is 363 Å². The molecule has 0 aliphatic carbocycles. The third kappa shape index (κ3) is 13.3. The van der Waals surface area contributed by atoms with Crippen LogP contribution in [0.25, 0.3) is 0 Å². The van der Waals surface area contributed by atoms with Crippen molar-refractivity contribution in [2.45, 2.75) is 166 Å². The molecule has 1 aromatic carbocycles. The number of carbonyl (C=O) groups excluding carboxylic acids is 2. The van der Waals surface area contributed by atoms with Crippen molar-refractivity contribution >= 4 is 22.0 Å². The Morgan fingerprint density at radius 2 is 1.70 bits per heavy atom. The fraction of sp³-hybridized carbons (Fsp3) is 0.791. The summed E-state index contributed by atoms with van der Waals surface area (Å²) in [6.07, 6.45) is -6.97. The van der Waals surface area contributed by atoms with Gasteiger partial charge in [0, 0.05) is 44.2 Å². The molecule has 2 saturated heterocycles. The second kappa shape index (κ2) is 22.1. The molecule has 2 aliphatic heterocycles. The Morgan fingerprint density at radius 3 is 2.30 bits per heavy atom. The number of likely N-dealkylation sites (N-methyl/N-ethyl adjacent to an activating group) is 1. The maximum absolute atomic E-state index is 13.7. The average molecular weight is 884 g/mol. The van der Waals surface area contributed by atoms with E-state index in [4.69, 9.17) is 14.2 Å². The van der Waals surface area contributed by atoms with Gasteiger partial charge in [0.05, 0.1) is 47.2 Å². The van der Waals surface area contributed by atoms with Crippen molar-refractivity contribution in [1.29, 1.82) is 5.26 Å². The quantitative estimate of drug-likeness (QED) is 0.165. The van der Waals surface area contributed by atoms with Gasteiger partial charge >= 0.3 is 12.0 Å². The number of urea groups is 1. The summed E-state index contributed by atoms with van der Waals surface area (Å²) in [5, 5.41) is 68.6. The molecule has 17 nitrogen and oxygen atoms in total. The molecule has 2 amide bonds. The fourth-order valence-electron chi connectivity index (χ4n) is 8.96. The summed E-state index contributed by atoms with van der Waals surface area (Å²) in [6.45, 7) is 15.2. The van der Waals surface area contributed by atoms with E-state index in [0.717, 1.165) is 0 Å². The normalized spacial score (nSPS) is 36.3. The van der Waals surface area contributed by atoms with Crippen molar-refractivity contribution < 1.29 is 57.8 Å². The number of sulfonamides is 1. The molecule has 0 aromatic heterocycles. The molecule has 2 heterocycles. The molecular weight excluding hydrogens is 811 g/mol. The first-order chi connectivity index (χ1) is 28.3. The minimum atomic E-state index is -4.24. The van der Waals surface area contributed by atoms with E-state index in [1.165, 1.54) is 24.8 Å². The molecule has 6 N–H and O–H groups in total. The predicted octanol–water partition coefficient (Wildman–Crippen LogP) is 2.36. The van der Waals surface area contributed by atoms with Gasteiger partial charge in [-0.1, -0.05) is 39.0 Å². The third-order valence-corrected chi connectivity index (χ3v) is 14.0. The van der Waals surface area contributed by atoms with Gasteiger partial charge in [-0.3, -0.25) is 9.69 Å². The van der Waals surface area contributed by atoms with Gasteiger partial charge in [0.1, 0.15) is 23.9 Å². The molecule has 2 fully saturated rings. The number of nitriles is 1. The fourth-order valence-corrected chi connectivity index (χ4v) is 10.2. The van der Waals surface area contributed by atoms with Crippen LogP contribution in [0, 0.1) is 36.0 Å². The topological polar surface area (TPSA) is 243 Å². The molecular formula is C43H73N5O12S. The van der Waals surface area contributed by atoms with Gasteiger partial charge in [-0.15, -0.1) is 0 Å². The number of hydrogen-bond acceptors (Lipinski definition) is 15. The molecule has 0 bridgehead atoms. The lowest BCUT2D eigenvalue weighted by Gasteiger charge is -2.46. The monoisotopic (exact) mass is 883 g/mol. The molecule has 0 saturated carbocycles. The van der Waals surface area contributed by atoms with Gasteiger partial charge in [0.25, 0.3) is 10.0 Å². The Kier molecular flexibility index (Phi) is 19.0. The summed E-state index contributed by atoms with van der Waals surface area (Å²) in [6, 6.07) is 6.21. The minimum absolute atomic E-state index is 0.0209. The molecule has 18 heteroatoms. The highest BCUT2D eigenvalue weighted by molar-refractivity contribution is 7.90. The number of nitrogens with one attached hydrogen (secondary N) is 1. The van der Waals surface area contributed by atoms with E-state index in [1.807, 2.05) is 43.8 Å². The highest BCUT2D eigenvalue weighted by Crippen LogP contribution is 2.37. The number of aliphatic hydroxyl groups is 5. The Hall–Kier alpha value is -2.96. The van der Waals surface area contributed by atoms with Crippen LogP contribution in [0.4, 0.5) is 4.79 Å². The molecule has 2 aliphatic rings. The molecule has 1 aromatic rings. The number of hydrogen-bond donors (Lipinski definition) is 6. The maximum atomic E-state index is 13.7. The number of esters is 1. The molecule has 61 heavy (non-hydrogen) atoms. The molecule has 348 valence electrons. The average Bonchev–Trinajstić information content (AvgIpc) is 3.18. The van der Waals surface area contributed by atoms with Crippen molar-refractivity contribution in [1.82, 2.24) is 19.4 Å². The van der Waals surface area contributed by atoms with E-state index >= 15 is 0 Å². The first-order valence-electron chi connectivity index (χ1n) is 21.5.